The van der Waals surface area contributed by atoms with Gasteiger partial charge >= 0.3 is 0 Å². The van der Waals surface area contributed by atoms with Crippen molar-refractivity contribution in [3.05, 3.63) is 71.3 Å². The molecule has 2 amide bonds. The summed E-state index contributed by atoms with van der Waals surface area (Å²) < 4.78 is 5.45. The van der Waals surface area contributed by atoms with Crippen LogP contribution in [0.2, 0.25) is 0 Å². The molecular formula is C33H47N3O3. The zero-order valence-corrected chi connectivity index (χ0v) is 24.2. The maximum Gasteiger partial charge on any atom is 0.253 e. The van der Waals surface area contributed by atoms with Gasteiger partial charge in [0.1, 0.15) is 5.75 Å². The summed E-state index contributed by atoms with van der Waals surface area (Å²) in [5, 5.41) is 0. The highest BCUT2D eigenvalue weighted by Crippen LogP contribution is 2.19. The van der Waals surface area contributed by atoms with Gasteiger partial charge in [0.05, 0.1) is 7.11 Å². The number of rotatable bonds is 15. The second-order valence-electron chi connectivity index (χ2n) is 10.4. The molecule has 0 unspecified atom stereocenters. The Bertz CT molecular complexity index is 1040. The van der Waals surface area contributed by atoms with Crippen LogP contribution in [0.15, 0.2) is 54.6 Å². The first-order valence-electron chi connectivity index (χ1n) is 14.7. The highest BCUT2D eigenvalue weighted by molar-refractivity contribution is 5.94. The number of para-hydroxylation sites is 1. The normalized spacial score (nSPS) is 14.1. The van der Waals surface area contributed by atoms with Gasteiger partial charge in [0.25, 0.3) is 5.91 Å². The van der Waals surface area contributed by atoms with Crippen LogP contribution in [-0.4, -0.2) is 79.4 Å². The van der Waals surface area contributed by atoms with Crippen molar-refractivity contribution in [2.45, 2.75) is 58.8 Å². The van der Waals surface area contributed by atoms with Crippen LogP contribution in [0.5, 0.6) is 5.75 Å². The van der Waals surface area contributed by atoms with Crippen molar-refractivity contribution in [1.82, 2.24) is 14.7 Å². The molecule has 3 rings (SSSR count). The number of hydrogen-bond donors (Lipinski definition) is 0. The number of carbonyl (C=O) groups is 2. The van der Waals surface area contributed by atoms with Crippen molar-refractivity contribution < 1.29 is 14.3 Å². The number of aryl methyl sites for hydroxylation is 1. The molecule has 1 heterocycles. The number of methoxy groups -OCH3 is 1. The second-order valence-corrected chi connectivity index (χ2v) is 10.4. The minimum absolute atomic E-state index is 0.117. The van der Waals surface area contributed by atoms with Crippen LogP contribution >= 0.6 is 0 Å². The Morgan fingerprint density at radius 3 is 2.33 bits per heavy atom. The number of hydrogen-bond acceptors (Lipinski definition) is 4. The van der Waals surface area contributed by atoms with Crippen molar-refractivity contribution in [2.24, 2.45) is 0 Å². The number of carbonyl (C=O) groups excluding carboxylic acids is 2. The van der Waals surface area contributed by atoms with E-state index in [2.05, 4.69) is 37.0 Å². The van der Waals surface area contributed by atoms with E-state index < -0.39 is 0 Å². The molecule has 0 N–H and O–H groups in total. The van der Waals surface area contributed by atoms with E-state index in [1.54, 1.807) is 7.11 Å². The molecule has 1 aliphatic rings. The molecule has 0 radical (unpaired) electrons. The molecule has 0 spiro atoms. The number of nitrogens with zero attached hydrogens (tertiary/aromatic N) is 3. The van der Waals surface area contributed by atoms with E-state index in [1.165, 1.54) is 18.4 Å². The topological polar surface area (TPSA) is 53.1 Å². The van der Waals surface area contributed by atoms with E-state index >= 15 is 0 Å². The molecule has 0 aliphatic carbocycles. The average Bonchev–Trinajstić information content (AvgIpc) is 2.98. The van der Waals surface area contributed by atoms with Gasteiger partial charge in [-0.15, -0.1) is 0 Å². The first-order chi connectivity index (χ1) is 19.0. The van der Waals surface area contributed by atoms with Crippen molar-refractivity contribution in [2.75, 3.05) is 52.9 Å². The third-order valence-corrected chi connectivity index (χ3v) is 7.47. The maximum atomic E-state index is 13.0. The molecular weight excluding hydrogens is 486 g/mol. The molecule has 212 valence electrons. The summed E-state index contributed by atoms with van der Waals surface area (Å²) in [5.74, 6) is 1.16. The molecule has 1 aliphatic heterocycles. The molecule has 2 aromatic carbocycles. The predicted octanol–water partition coefficient (Wildman–Crippen LogP) is 5.92. The lowest BCUT2D eigenvalue weighted by Gasteiger charge is -2.36. The number of piperazine rings is 1. The molecule has 0 saturated carbocycles. The van der Waals surface area contributed by atoms with Crippen LogP contribution in [0.3, 0.4) is 0 Å². The minimum atomic E-state index is 0.117. The summed E-state index contributed by atoms with van der Waals surface area (Å²) >= 11 is 0. The van der Waals surface area contributed by atoms with Crippen molar-refractivity contribution >= 4 is 17.9 Å². The third kappa shape index (κ3) is 9.85. The quantitative estimate of drug-likeness (QED) is 0.267. The number of benzene rings is 2. The van der Waals surface area contributed by atoms with Crippen LogP contribution in [0.4, 0.5) is 0 Å². The van der Waals surface area contributed by atoms with E-state index in [4.69, 9.17) is 4.74 Å². The summed E-state index contributed by atoms with van der Waals surface area (Å²) in [6, 6.07) is 16.0. The van der Waals surface area contributed by atoms with E-state index in [0.29, 0.717) is 32.6 Å². The zero-order valence-electron chi connectivity index (χ0n) is 24.2. The van der Waals surface area contributed by atoms with E-state index in [0.717, 1.165) is 62.2 Å². The van der Waals surface area contributed by atoms with Crippen molar-refractivity contribution in [3.8, 4) is 5.75 Å². The Morgan fingerprint density at radius 2 is 1.64 bits per heavy atom. The Morgan fingerprint density at radius 1 is 0.923 bits per heavy atom. The van der Waals surface area contributed by atoms with E-state index in [-0.39, 0.29) is 11.8 Å². The highest BCUT2D eigenvalue weighted by atomic mass is 16.5. The average molecular weight is 534 g/mol. The zero-order chi connectivity index (χ0) is 27.9. The molecule has 0 atom stereocenters. The molecule has 2 aromatic rings. The summed E-state index contributed by atoms with van der Waals surface area (Å²) in [5.41, 5.74) is 3.08. The van der Waals surface area contributed by atoms with Gasteiger partial charge < -0.3 is 14.5 Å². The summed E-state index contributed by atoms with van der Waals surface area (Å²) in [7, 11) is 1.67. The van der Waals surface area contributed by atoms with Crippen LogP contribution in [-0.2, 0) is 11.2 Å². The van der Waals surface area contributed by atoms with Gasteiger partial charge in [-0.05, 0) is 43.0 Å². The fourth-order valence-electron chi connectivity index (χ4n) is 4.93. The highest BCUT2D eigenvalue weighted by Gasteiger charge is 2.23. The molecule has 6 heteroatoms. The van der Waals surface area contributed by atoms with Gasteiger partial charge in [-0.3, -0.25) is 14.5 Å². The number of ether oxygens (including phenoxy) is 1. The first-order valence-corrected chi connectivity index (χ1v) is 14.7. The van der Waals surface area contributed by atoms with Crippen LogP contribution in [0, 0.1) is 0 Å². The van der Waals surface area contributed by atoms with Crippen molar-refractivity contribution in [1.29, 1.82) is 0 Å². The third-order valence-electron chi connectivity index (χ3n) is 7.47. The Labute approximate surface area is 235 Å². The van der Waals surface area contributed by atoms with Gasteiger partial charge in [0, 0.05) is 63.4 Å². The Balaban J connectivity index is 1.51. The minimum Gasteiger partial charge on any atom is -0.496 e. The summed E-state index contributed by atoms with van der Waals surface area (Å²) in [6.45, 7) is 9.53. The lowest BCUT2D eigenvalue weighted by molar-refractivity contribution is -0.131. The fraction of sp³-hybridized carbons (Fsp3) is 0.515. The van der Waals surface area contributed by atoms with Crippen molar-refractivity contribution in [3.63, 3.8) is 0 Å². The second kappa shape index (κ2) is 16.8. The molecule has 0 aromatic heterocycles. The standard InChI is InChI=1S/C33H47N3O3/c1-4-6-8-16-32(37)35(21-11-14-29-13-9-10-15-31(29)39-3)25-22-34-23-26-36(27-24-34)33(38)30-19-17-28(18-20-30)12-7-5-2/h9-11,13-15,17-20H,4-8,12,16,21-27H2,1-3H3/b14-11+. The van der Waals surface area contributed by atoms with Gasteiger partial charge in [0.2, 0.25) is 5.91 Å². The van der Waals surface area contributed by atoms with Crippen LogP contribution in [0.1, 0.15) is 73.9 Å². The smallest absolute Gasteiger partial charge is 0.253 e. The Kier molecular flexibility index (Phi) is 13.1. The molecule has 6 nitrogen and oxygen atoms in total. The van der Waals surface area contributed by atoms with Gasteiger partial charge in [-0.1, -0.05) is 75.6 Å². The molecule has 39 heavy (non-hydrogen) atoms. The molecule has 1 fully saturated rings. The monoisotopic (exact) mass is 533 g/mol. The van der Waals surface area contributed by atoms with Crippen LogP contribution in [0.25, 0.3) is 6.08 Å². The lowest BCUT2D eigenvalue weighted by Crippen LogP contribution is -2.50. The Hall–Kier alpha value is -3.12. The largest absolute Gasteiger partial charge is 0.496 e. The van der Waals surface area contributed by atoms with E-state index in [9.17, 15) is 9.59 Å². The molecule has 1 saturated heterocycles. The SMILES string of the molecule is CCCCCC(=O)N(C/C=C/c1ccccc1OC)CCN1CCN(C(=O)c2ccc(CCCC)cc2)CC1. The van der Waals surface area contributed by atoms with Gasteiger partial charge in [-0.25, -0.2) is 0 Å². The lowest BCUT2D eigenvalue weighted by atomic mass is 10.1. The number of amides is 2. The van der Waals surface area contributed by atoms with Crippen LogP contribution < -0.4 is 4.74 Å². The van der Waals surface area contributed by atoms with E-state index in [1.807, 2.05) is 52.3 Å². The summed E-state index contributed by atoms with van der Waals surface area (Å²) in [4.78, 5) is 32.4. The summed E-state index contributed by atoms with van der Waals surface area (Å²) in [6.07, 6.45) is 11.2. The van der Waals surface area contributed by atoms with Gasteiger partial charge in [0.15, 0.2) is 0 Å². The predicted molar refractivity (Wildman–Crippen MR) is 160 cm³/mol. The first kappa shape index (κ1) is 30.4. The maximum absolute atomic E-state index is 13.0. The van der Waals surface area contributed by atoms with Gasteiger partial charge in [-0.2, -0.15) is 0 Å². The fourth-order valence-corrected chi connectivity index (χ4v) is 4.93. The molecule has 0 bridgehead atoms. The number of unbranched alkanes of at least 4 members (excludes halogenated alkanes) is 3.